The molecule has 1 N–H and O–H groups in total. The zero-order valence-electron chi connectivity index (χ0n) is 13.0. The lowest BCUT2D eigenvalue weighted by Crippen LogP contribution is -2.20. The van der Waals surface area contributed by atoms with Crippen LogP contribution in [0.3, 0.4) is 0 Å². The molecule has 3 nitrogen and oxygen atoms in total. The highest BCUT2D eigenvalue weighted by Gasteiger charge is 2.20. The number of carbonyl (C=O) groups excluding carboxylic acids is 1. The second-order valence-electron chi connectivity index (χ2n) is 6.71. The summed E-state index contributed by atoms with van der Waals surface area (Å²) in [6.45, 7) is 0. The Kier molecular flexibility index (Phi) is 3.65. The minimum atomic E-state index is -0.153. The summed E-state index contributed by atoms with van der Waals surface area (Å²) < 4.78 is 5.70. The van der Waals surface area contributed by atoms with Crippen LogP contribution < -0.4 is 0 Å². The number of rotatable bonds is 2. The fourth-order valence-electron chi connectivity index (χ4n) is 3.94. The molecule has 1 aromatic carbocycles. The number of aryl methyl sites for hydroxylation is 2. The van der Waals surface area contributed by atoms with Gasteiger partial charge in [-0.05, 0) is 75.1 Å². The molecule has 2 aromatic rings. The number of H-pyrrole nitrogens is 1. The molecular formula is C19H23NO2. The van der Waals surface area contributed by atoms with E-state index in [4.69, 9.17) is 4.74 Å². The lowest BCUT2D eigenvalue weighted by atomic mass is 9.95. The molecule has 0 spiro atoms. The smallest absolute Gasteiger partial charge is 0.338 e. The van der Waals surface area contributed by atoms with Crippen LogP contribution in [0.1, 0.15) is 66.6 Å². The second-order valence-corrected chi connectivity index (χ2v) is 6.71. The first-order valence-electron chi connectivity index (χ1n) is 8.66. The molecule has 0 radical (unpaired) electrons. The first kappa shape index (κ1) is 13.9. The molecule has 4 rings (SSSR count). The van der Waals surface area contributed by atoms with Gasteiger partial charge < -0.3 is 9.72 Å². The Balaban J connectivity index is 1.59. The van der Waals surface area contributed by atoms with Crippen LogP contribution in [0.15, 0.2) is 18.2 Å². The molecule has 1 aromatic heterocycles. The van der Waals surface area contributed by atoms with Crippen LogP contribution in [0.5, 0.6) is 0 Å². The fourth-order valence-corrected chi connectivity index (χ4v) is 3.94. The summed E-state index contributed by atoms with van der Waals surface area (Å²) in [5, 5.41) is 1.22. The van der Waals surface area contributed by atoms with E-state index < -0.39 is 0 Å². The second kappa shape index (κ2) is 5.79. The molecule has 3 heteroatoms. The van der Waals surface area contributed by atoms with Gasteiger partial charge in [0.2, 0.25) is 0 Å². The Hall–Kier alpha value is -1.77. The number of nitrogens with one attached hydrogen (secondary N) is 1. The number of aromatic amines is 1. The van der Waals surface area contributed by atoms with Crippen molar-refractivity contribution in [3.05, 3.63) is 35.0 Å². The van der Waals surface area contributed by atoms with E-state index in [2.05, 4.69) is 4.98 Å². The van der Waals surface area contributed by atoms with Crippen molar-refractivity contribution >= 4 is 16.9 Å². The number of benzene rings is 1. The van der Waals surface area contributed by atoms with Gasteiger partial charge in [0, 0.05) is 16.6 Å². The van der Waals surface area contributed by atoms with Crippen LogP contribution in [-0.2, 0) is 17.6 Å². The zero-order chi connectivity index (χ0) is 14.9. The molecule has 0 saturated heterocycles. The number of fused-ring (bicyclic) bond motifs is 3. The molecule has 0 atom stereocenters. The van der Waals surface area contributed by atoms with Gasteiger partial charge in [0.1, 0.15) is 6.10 Å². The van der Waals surface area contributed by atoms with Crippen molar-refractivity contribution < 1.29 is 9.53 Å². The van der Waals surface area contributed by atoms with Crippen molar-refractivity contribution in [1.82, 2.24) is 4.98 Å². The van der Waals surface area contributed by atoms with Crippen LogP contribution in [-0.4, -0.2) is 17.1 Å². The van der Waals surface area contributed by atoms with Gasteiger partial charge in [-0.2, -0.15) is 0 Å². The van der Waals surface area contributed by atoms with Gasteiger partial charge in [-0.3, -0.25) is 0 Å². The Bertz CT molecular complexity index is 695. The van der Waals surface area contributed by atoms with Gasteiger partial charge in [-0.15, -0.1) is 0 Å². The van der Waals surface area contributed by atoms with E-state index in [0.717, 1.165) is 31.2 Å². The number of hydrogen-bond donors (Lipinski definition) is 1. The van der Waals surface area contributed by atoms with Crippen LogP contribution in [0.2, 0.25) is 0 Å². The number of esters is 1. The highest BCUT2D eigenvalue weighted by atomic mass is 16.5. The maximum absolute atomic E-state index is 12.4. The molecular weight excluding hydrogens is 274 g/mol. The molecule has 2 aliphatic rings. The van der Waals surface area contributed by atoms with Crippen molar-refractivity contribution in [1.29, 1.82) is 0 Å². The van der Waals surface area contributed by atoms with Gasteiger partial charge in [-0.1, -0.05) is 6.42 Å². The summed E-state index contributed by atoms with van der Waals surface area (Å²) in [5.74, 6) is -0.153. The van der Waals surface area contributed by atoms with E-state index in [-0.39, 0.29) is 12.1 Å². The lowest BCUT2D eigenvalue weighted by molar-refractivity contribution is 0.0211. The summed E-state index contributed by atoms with van der Waals surface area (Å²) >= 11 is 0. The van der Waals surface area contributed by atoms with Gasteiger partial charge in [-0.25, -0.2) is 4.79 Å². The fraction of sp³-hybridized carbons (Fsp3) is 0.526. The Morgan fingerprint density at radius 3 is 2.73 bits per heavy atom. The van der Waals surface area contributed by atoms with Crippen LogP contribution in [0.4, 0.5) is 0 Å². The number of carbonyl (C=O) groups is 1. The van der Waals surface area contributed by atoms with Crippen molar-refractivity contribution in [3.8, 4) is 0 Å². The first-order valence-corrected chi connectivity index (χ1v) is 8.66. The zero-order valence-corrected chi connectivity index (χ0v) is 13.0. The van der Waals surface area contributed by atoms with E-state index in [1.807, 2.05) is 18.2 Å². The molecule has 116 valence electrons. The minimum absolute atomic E-state index is 0.122. The average molecular weight is 297 g/mol. The Morgan fingerprint density at radius 1 is 1.05 bits per heavy atom. The number of aromatic nitrogens is 1. The highest BCUT2D eigenvalue weighted by Crippen LogP contribution is 2.30. The largest absolute Gasteiger partial charge is 0.459 e. The average Bonchev–Trinajstić information content (AvgIpc) is 2.93. The van der Waals surface area contributed by atoms with E-state index >= 15 is 0 Å². The van der Waals surface area contributed by atoms with E-state index in [1.54, 1.807) is 0 Å². The summed E-state index contributed by atoms with van der Waals surface area (Å²) in [6, 6.07) is 5.96. The molecule has 2 aliphatic carbocycles. The summed E-state index contributed by atoms with van der Waals surface area (Å²) in [4.78, 5) is 15.9. The molecule has 1 saturated carbocycles. The maximum atomic E-state index is 12.4. The Labute approximate surface area is 131 Å². The molecule has 0 aliphatic heterocycles. The van der Waals surface area contributed by atoms with Gasteiger partial charge >= 0.3 is 5.97 Å². The monoisotopic (exact) mass is 297 g/mol. The van der Waals surface area contributed by atoms with Crippen molar-refractivity contribution in [3.63, 3.8) is 0 Å². The molecule has 0 amide bonds. The van der Waals surface area contributed by atoms with Crippen molar-refractivity contribution in [2.45, 2.75) is 63.9 Å². The molecule has 0 bridgehead atoms. The first-order chi connectivity index (χ1) is 10.8. The van der Waals surface area contributed by atoms with Crippen molar-refractivity contribution in [2.24, 2.45) is 0 Å². The standard InChI is InChI=1S/C19H23NO2/c21-19(22-14-6-2-1-3-7-14)13-10-11-18-16(12-13)15-8-4-5-9-17(15)20-18/h10-12,14,20H,1-9H2. The third-order valence-electron chi connectivity index (χ3n) is 5.16. The number of ether oxygens (including phenoxy) is 1. The third-order valence-corrected chi connectivity index (χ3v) is 5.16. The van der Waals surface area contributed by atoms with Gasteiger partial charge in [0.25, 0.3) is 0 Å². The van der Waals surface area contributed by atoms with Gasteiger partial charge in [0.15, 0.2) is 0 Å². The lowest BCUT2D eigenvalue weighted by Gasteiger charge is -2.21. The van der Waals surface area contributed by atoms with E-state index in [0.29, 0.717) is 5.56 Å². The predicted molar refractivity (Wildman–Crippen MR) is 87.2 cm³/mol. The quantitative estimate of drug-likeness (QED) is 0.827. The molecule has 0 unspecified atom stereocenters. The summed E-state index contributed by atoms with van der Waals surface area (Å²) in [7, 11) is 0. The van der Waals surface area contributed by atoms with Crippen LogP contribution in [0, 0.1) is 0 Å². The van der Waals surface area contributed by atoms with Crippen LogP contribution >= 0.6 is 0 Å². The van der Waals surface area contributed by atoms with Crippen molar-refractivity contribution in [2.75, 3.05) is 0 Å². The molecule has 1 fully saturated rings. The number of hydrogen-bond acceptors (Lipinski definition) is 2. The minimum Gasteiger partial charge on any atom is -0.459 e. The molecule has 1 heterocycles. The maximum Gasteiger partial charge on any atom is 0.338 e. The summed E-state index contributed by atoms with van der Waals surface area (Å²) in [5.41, 5.74) is 4.62. The predicted octanol–water partition coefficient (Wildman–Crippen LogP) is 4.54. The third kappa shape index (κ3) is 2.53. The van der Waals surface area contributed by atoms with Crippen LogP contribution in [0.25, 0.3) is 10.9 Å². The SMILES string of the molecule is O=C(OC1CCCCC1)c1ccc2[nH]c3c(c2c1)CCCC3. The highest BCUT2D eigenvalue weighted by molar-refractivity contribution is 5.96. The van der Waals surface area contributed by atoms with E-state index in [1.165, 1.54) is 48.7 Å². The Morgan fingerprint density at radius 2 is 1.86 bits per heavy atom. The normalized spacial score (nSPS) is 19.1. The van der Waals surface area contributed by atoms with E-state index in [9.17, 15) is 4.79 Å². The van der Waals surface area contributed by atoms with Gasteiger partial charge in [0.05, 0.1) is 5.56 Å². The topological polar surface area (TPSA) is 42.1 Å². The summed E-state index contributed by atoms with van der Waals surface area (Å²) in [6.07, 6.45) is 10.6. The molecule has 22 heavy (non-hydrogen) atoms.